The molecule has 0 bridgehead atoms. The molecular formula is C15H19N5O4S2. The zero-order valence-electron chi connectivity index (χ0n) is 14.1. The number of hydrazine groups is 2. The van der Waals surface area contributed by atoms with Crippen LogP contribution >= 0.6 is 23.5 Å². The van der Waals surface area contributed by atoms with Gasteiger partial charge in [-0.05, 0) is 13.0 Å². The normalized spacial score (nSPS) is 30.2. The first kappa shape index (κ1) is 17.7. The number of hydrogen-bond acceptors (Lipinski definition) is 9. The summed E-state index contributed by atoms with van der Waals surface area (Å²) in [5.74, 6) is 0.627. The number of nitrogens with zero attached hydrogens (tertiary/aromatic N) is 4. The second-order valence-electron chi connectivity index (χ2n) is 6.64. The number of rotatable bonds is 5. The van der Waals surface area contributed by atoms with Crippen molar-refractivity contribution in [1.82, 2.24) is 20.5 Å². The number of hydrogen-bond donors (Lipinski definition) is 3. The molecule has 0 aliphatic carbocycles. The number of fused-ring (bicyclic) bond motifs is 2. The van der Waals surface area contributed by atoms with Crippen LogP contribution in [0.5, 0.6) is 0 Å². The fourth-order valence-corrected chi connectivity index (χ4v) is 6.01. The fourth-order valence-electron chi connectivity index (χ4n) is 3.16. The van der Waals surface area contributed by atoms with Gasteiger partial charge in [-0.25, -0.2) is 10.0 Å². The van der Waals surface area contributed by atoms with Crippen LogP contribution in [-0.2, 0) is 9.59 Å². The minimum Gasteiger partial charge on any atom is -0.481 e. The molecule has 4 heterocycles. The molecular weight excluding hydrogens is 378 g/mol. The highest BCUT2D eigenvalue weighted by molar-refractivity contribution is 8.03. The number of thioether (sulfide) groups is 2. The molecule has 2 saturated heterocycles. The van der Waals surface area contributed by atoms with Crippen LogP contribution in [0.15, 0.2) is 28.1 Å². The van der Waals surface area contributed by atoms with E-state index in [1.54, 1.807) is 27.9 Å². The number of β-lactam (4-membered cyclic amide) rings is 1. The van der Waals surface area contributed by atoms with E-state index in [1.807, 2.05) is 13.0 Å². The van der Waals surface area contributed by atoms with Crippen LogP contribution in [0.2, 0.25) is 0 Å². The lowest BCUT2D eigenvalue weighted by Gasteiger charge is -2.49. The highest BCUT2D eigenvalue weighted by Crippen LogP contribution is 2.44. The summed E-state index contributed by atoms with van der Waals surface area (Å²) in [5.41, 5.74) is 2.81. The number of carboxylic acid groups (broad SMARTS) is 1. The fraction of sp³-hybridized carbons (Fsp3) is 0.533. The van der Waals surface area contributed by atoms with Gasteiger partial charge in [0.05, 0.1) is 23.0 Å². The largest absolute Gasteiger partial charge is 0.481 e. The Balaban J connectivity index is 1.50. The summed E-state index contributed by atoms with van der Waals surface area (Å²) in [6.45, 7) is 1.92. The molecule has 140 valence electrons. The van der Waals surface area contributed by atoms with Crippen molar-refractivity contribution in [3.63, 3.8) is 0 Å². The van der Waals surface area contributed by atoms with Crippen molar-refractivity contribution in [2.45, 2.75) is 18.7 Å². The first-order valence-corrected chi connectivity index (χ1v) is 10.2. The van der Waals surface area contributed by atoms with Crippen LogP contribution in [0.3, 0.4) is 0 Å². The highest BCUT2D eigenvalue weighted by Gasteiger charge is 2.52. The number of allylic oxidation sites excluding steroid dienone is 1. The maximum absolute atomic E-state index is 12.0. The van der Waals surface area contributed by atoms with E-state index < -0.39 is 11.4 Å². The van der Waals surface area contributed by atoms with Gasteiger partial charge >= 0.3 is 5.97 Å². The monoisotopic (exact) mass is 397 g/mol. The topological polar surface area (TPSA) is 109 Å². The Hall–Kier alpha value is -1.69. The summed E-state index contributed by atoms with van der Waals surface area (Å²) >= 11 is 2.96. The molecule has 0 aromatic rings. The molecule has 11 heteroatoms. The van der Waals surface area contributed by atoms with E-state index in [0.717, 1.165) is 10.7 Å². The predicted octanol–water partition coefficient (Wildman–Crippen LogP) is 0.198. The van der Waals surface area contributed by atoms with Crippen molar-refractivity contribution < 1.29 is 19.8 Å². The Bertz CT molecular complexity index is 754. The third-order valence-corrected chi connectivity index (χ3v) is 7.54. The molecule has 0 aromatic carbocycles. The predicted molar refractivity (Wildman–Crippen MR) is 98.3 cm³/mol. The van der Waals surface area contributed by atoms with Gasteiger partial charge in [-0.15, -0.1) is 29.1 Å². The number of carbonyl (C=O) groups is 2. The second-order valence-corrected chi connectivity index (χ2v) is 8.80. The summed E-state index contributed by atoms with van der Waals surface area (Å²) in [6, 6.07) is 0. The SMILES string of the molecule is CC1=NC2=CN(CO)NN2C(SCC2(C(=O)O)CS[C@@H]3CC(=O)N3C2)=C1. The average Bonchev–Trinajstić information content (AvgIpc) is 3.02. The molecule has 3 N–H and O–H groups in total. The Morgan fingerprint density at radius 2 is 2.38 bits per heavy atom. The molecule has 4 rings (SSSR count). The van der Waals surface area contributed by atoms with E-state index in [1.165, 1.54) is 16.8 Å². The number of amides is 1. The van der Waals surface area contributed by atoms with Crippen molar-refractivity contribution in [2.75, 3.05) is 24.8 Å². The van der Waals surface area contributed by atoms with Crippen LogP contribution in [0.25, 0.3) is 0 Å². The number of carbonyl (C=O) groups excluding carboxylic acids is 1. The molecule has 26 heavy (non-hydrogen) atoms. The van der Waals surface area contributed by atoms with Crippen molar-refractivity contribution in [2.24, 2.45) is 10.4 Å². The van der Waals surface area contributed by atoms with E-state index in [0.29, 0.717) is 23.7 Å². The number of aliphatic hydroxyl groups is 1. The molecule has 9 nitrogen and oxygen atoms in total. The van der Waals surface area contributed by atoms with Gasteiger partial charge in [0, 0.05) is 23.8 Å². The number of aliphatic imine (C=N–C) groups is 1. The second kappa shape index (κ2) is 6.48. The maximum Gasteiger partial charge on any atom is 0.313 e. The number of nitrogens with one attached hydrogen (secondary N) is 1. The Morgan fingerprint density at radius 3 is 3.08 bits per heavy atom. The number of aliphatic hydroxyl groups excluding tert-OH is 1. The zero-order chi connectivity index (χ0) is 18.5. The highest BCUT2D eigenvalue weighted by atomic mass is 32.2. The minimum absolute atomic E-state index is 0.0303. The summed E-state index contributed by atoms with van der Waals surface area (Å²) in [6.07, 6.45) is 4.07. The van der Waals surface area contributed by atoms with Gasteiger partial charge < -0.3 is 15.1 Å². The Labute approximate surface area is 158 Å². The van der Waals surface area contributed by atoms with E-state index in [9.17, 15) is 19.8 Å². The van der Waals surface area contributed by atoms with Gasteiger partial charge in [-0.3, -0.25) is 14.6 Å². The minimum atomic E-state index is -0.981. The van der Waals surface area contributed by atoms with Gasteiger partial charge in [-0.2, -0.15) is 0 Å². The molecule has 0 spiro atoms. The van der Waals surface area contributed by atoms with E-state index in [2.05, 4.69) is 10.5 Å². The van der Waals surface area contributed by atoms with Gasteiger partial charge in [0.2, 0.25) is 5.91 Å². The third-order valence-electron chi connectivity index (χ3n) is 4.72. The molecule has 0 saturated carbocycles. The molecule has 4 aliphatic rings. The third kappa shape index (κ3) is 2.88. The van der Waals surface area contributed by atoms with Crippen LogP contribution in [0.4, 0.5) is 0 Å². The smallest absolute Gasteiger partial charge is 0.313 e. The molecule has 1 amide bonds. The summed E-state index contributed by atoms with van der Waals surface area (Å²) in [7, 11) is 0. The van der Waals surface area contributed by atoms with Gasteiger partial charge in [0.1, 0.15) is 12.1 Å². The Morgan fingerprint density at radius 1 is 1.58 bits per heavy atom. The number of aliphatic carboxylic acids is 1. The van der Waals surface area contributed by atoms with Crippen molar-refractivity contribution in [3.05, 3.63) is 23.1 Å². The average molecular weight is 397 g/mol. The lowest BCUT2D eigenvalue weighted by molar-refractivity contribution is -0.153. The van der Waals surface area contributed by atoms with Gasteiger partial charge in [0.15, 0.2) is 5.82 Å². The van der Waals surface area contributed by atoms with Crippen molar-refractivity contribution >= 4 is 41.1 Å². The van der Waals surface area contributed by atoms with Gasteiger partial charge in [0.25, 0.3) is 0 Å². The summed E-state index contributed by atoms with van der Waals surface area (Å²) < 4.78 is 0. The summed E-state index contributed by atoms with van der Waals surface area (Å²) in [4.78, 5) is 29.9. The van der Waals surface area contributed by atoms with Crippen LogP contribution in [-0.4, -0.2) is 72.9 Å². The van der Waals surface area contributed by atoms with E-state index in [-0.39, 0.29) is 24.6 Å². The molecule has 2 atom stereocenters. The molecule has 1 unspecified atom stereocenters. The van der Waals surface area contributed by atoms with Crippen molar-refractivity contribution in [3.8, 4) is 0 Å². The van der Waals surface area contributed by atoms with Crippen LogP contribution < -0.4 is 5.53 Å². The van der Waals surface area contributed by atoms with Gasteiger partial charge in [-0.1, -0.05) is 0 Å². The summed E-state index contributed by atoms with van der Waals surface area (Å²) in [5, 5.41) is 23.3. The first-order valence-electron chi connectivity index (χ1n) is 8.12. The molecule has 2 fully saturated rings. The maximum atomic E-state index is 12.0. The molecule has 0 aromatic heterocycles. The first-order chi connectivity index (χ1) is 12.4. The standard InChI is InChI=1S/C15H19N5O4S2/c1-9-2-13(20-10(16-9)4-18(8-21)17-20)26-7-15(14(23)24)5-19-11(22)3-12(19)25-6-15/h2,4,12,17,21H,3,5-8H2,1H3,(H,23,24)/t12-,15?/m1/s1. The Kier molecular flexibility index (Phi) is 4.41. The van der Waals surface area contributed by atoms with Crippen LogP contribution in [0, 0.1) is 5.41 Å². The zero-order valence-corrected chi connectivity index (χ0v) is 15.7. The van der Waals surface area contributed by atoms with E-state index in [4.69, 9.17) is 0 Å². The lowest BCUT2D eigenvalue weighted by Crippen LogP contribution is -2.62. The quantitative estimate of drug-likeness (QED) is 0.561. The molecule has 4 aliphatic heterocycles. The lowest BCUT2D eigenvalue weighted by atomic mass is 9.90. The number of carboxylic acids is 1. The van der Waals surface area contributed by atoms with Crippen LogP contribution in [0.1, 0.15) is 13.3 Å². The van der Waals surface area contributed by atoms with E-state index >= 15 is 0 Å². The van der Waals surface area contributed by atoms with Crippen molar-refractivity contribution in [1.29, 1.82) is 0 Å². The molecule has 0 radical (unpaired) electrons.